The summed E-state index contributed by atoms with van der Waals surface area (Å²) in [5.41, 5.74) is 2.21. The first-order valence-electron chi connectivity index (χ1n) is 7.79. The second-order valence-electron chi connectivity index (χ2n) is 5.34. The first-order chi connectivity index (χ1) is 12.6. The quantitative estimate of drug-likeness (QED) is 0.431. The van der Waals surface area contributed by atoms with Crippen molar-refractivity contribution in [2.24, 2.45) is 0 Å². The zero-order valence-electron chi connectivity index (χ0n) is 14.8. The van der Waals surface area contributed by atoms with E-state index in [4.69, 9.17) is 19.5 Å². The van der Waals surface area contributed by atoms with Crippen LogP contribution in [0.3, 0.4) is 0 Å². The normalized spacial score (nSPS) is 10.6. The molecule has 2 aromatic carbocycles. The lowest BCUT2D eigenvalue weighted by Crippen LogP contribution is -2.12. The maximum Gasteiger partial charge on any atom is 0.377 e. The minimum atomic E-state index is -0.638. The number of rotatable bonds is 7. The number of carbonyl (C=O) groups is 1. The van der Waals surface area contributed by atoms with Crippen LogP contribution in [-0.2, 0) is 20.9 Å². The lowest BCUT2D eigenvalue weighted by atomic mass is 10.1. The van der Waals surface area contributed by atoms with Crippen LogP contribution < -0.4 is 9.47 Å². The molecule has 134 valence electrons. The second kappa shape index (κ2) is 9.14. The van der Waals surface area contributed by atoms with Crippen molar-refractivity contribution < 1.29 is 23.7 Å². The fraction of sp³-hybridized carbons (Fsp3) is 0.200. The zero-order valence-corrected chi connectivity index (χ0v) is 14.8. The van der Waals surface area contributed by atoms with E-state index in [0.717, 1.165) is 11.1 Å². The fourth-order valence-electron chi connectivity index (χ4n) is 2.11. The molecule has 0 fully saturated rings. The highest BCUT2D eigenvalue weighted by molar-refractivity contribution is 5.86. The number of aryl methyl sites for hydroxylation is 1. The van der Waals surface area contributed by atoms with Crippen molar-refractivity contribution in [3.63, 3.8) is 0 Å². The molecule has 0 N–H and O–H groups in total. The summed E-state index contributed by atoms with van der Waals surface area (Å²) in [4.78, 5) is 11.7. The van der Waals surface area contributed by atoms with E-state index in [0.29, 0.717) is 17.1 Å². The van der Waals surface area contributed by atoms with Crippen LogP contribution in [0.2, 0.25) is 0 Å². The molecule has 0 aliphatic rings. The smallest absolute Gasteiger partial charge is 0.377 e. The zero-order chi connectivity index (χ0) is 18.9. The van der Waals surface area contributed by atoms with E-state index in [-0.39, 0.29) is 12.4 Å². The molecule has 0 aliphatic heterocycles. The number of nitrogens with zero attached hydrogens (tertiary/aromatic N) is 1. The molecule has 0 atom stereocenters. The number of methoxy groups -OCH3 is 2. The molecule has 0 aliphatic carbocycles. The summed E-state index contributed by atoms with van der Waals surface area (Å²) in [5.74, 6) is 0.395. The number of benzene rings is 2. The highest BCUT2D eigenvalue weighted by Crippen LogP contribution is 2.23. The molecule has 6 heteroatoms. The molecular weight excluding hydrogens is 334 g/mol. The Morgan fingerprint density at radius 3 is 2.69 bits per heavy atom. The van der Waals surface area contributed by atoms with Gasteiger partial charge in [0.2, 0.25) is 5.76 Å². The molecule has 6 nitrogen and oxygen atoms in total. The van der Waals surface area contributed by atoms with E-state index in [1.54, 1.807) is 30.3 Å². The average Bonchev–Trinajstić information content (AvgIpc) is 2.67. The van der Waals surface area contributed by atoms with Crippen LogP contribution in [0.25, 0.3) is 0 Å². The Labute approximate surface area is 152 Å². The van der Waals surface area contributed by atoms with Gasteiger partial charge in [-0.3, -0.25) is 0 Å². The molecule has 0 spiro atoms. The molecule has 0 unspecified atom stereocenters. The van der Waals surface area contributed by atoms with Crippen LogP contribution in [0.1, 0.15) is 16.7 Å². The topological polar surface area (TPSA) is 77.8 Å². The molecule has 2 aromatic rings. The van der Waals surface area contributed by atoms with Crippen LogP contribution in [0.15, 0.2) is 54.5 Å². The van der Waals surface area contributed by atoms with Gasteiger partial charge in [-0.1, -0.05) is 18.2 Å². The third kappa shape index (κ3) is 5.02. The Balaban J connectivity index is 2.14. The van der Waals surface area contributed by atoms with Gasteiger partial charge >= 0.3 is 5.97 Å². The van der Waals surface area contributed by atoms with Crippen molar-refractivity contribution in [3.05, 3.63) is 71.2 Å². The molecule has 0 radical (unpaired) electrons. The number of hydrogen-bond acceptors (Lipinski definition) is 6. The standard InChI is InChI=1S/C20H19NO5/c1-14-7-8-16(12-25-17-6-4-5-15(9-17)11-21)10-18(14)26-19(13-23-2)20(22)24-3/h4-10,13H,12H2,1-3H3/b19-13-. The minimum absolute atomic E-state index is 0.0575. The van der Waals surface area contributed by atoms with Gasteiger partial charge in [-0.25, -0.2) is 4.79 Å². The number of esters is 1. The average molecular weight is 353 g/mol. The van der Waals surface area contributed by atoms with Gasteiger partial charge in [-0.2, -0.15) is 5.26 Å². The summed E-state index contributed by atoms with van der Waals surface area (Å²) in [7, 11) is 2.68. The van der Waals surface area contributed by atoms with Crippen LogP contribution >= 0.6 is 0 Å². The molecule has 2 rings (SSSR count). The van der Waals surface area contributed by atoms with Crippen molar-refractivity contribution in [2.75, 3.05) is 14.2 Å². The highest BCUT2D eigenvalue weighted by Gasteiger charge is 2.15. The van der Waals surface area contributed by atoms with Gasteiger partial charge in [0.15, 0.2) is 0 Å². The molecular formula is C20H19NO5. The predicted molar refractivity (Wildman–Crippen MR) is 94.4 cm³/mol. The van der Waals surface area contributed by atoms with Crippen molar-refractivity contribution in [1.29, 1.82) is 5.26 Å². The van der Waals surface area contributed by atoms with Crippen LogP contribution in [0.5, 0.6) is 11.5 Å². The summed E-state index contributed by atoms with van der Waals surface area (Å²) >= 11 is 0. The van der Waals surface area contributed by atoms with Crippen LogP contribution in [0, 0.1) is 18.3 Å². The molecule has 0 aromatic heterocycles. The largest absolute Gasteiger partial charge is 0.500 e. The van der Waals surface area contributed by atoms with Gasteiger partial charge in [0.05, 0.1) is 25.9 Å². The third-order valence-corrected chi connectivity index (χ3v) is 3.45. The van der Waals surface area contributed by atoms with Crippen molar-refractivity contribution >= 4 is 5.97 Å². The number of carbonyl (C=O) groups excluding carboxylic acids is 1. The maximum atomic E-state index is 11.7. The molecule has 0 saturated heterocycles. The molecule has 0 bridgehead atoms. The molecule has 26 heavy (non-hydrogen) atoms. The summed E-state index contributed by atoms with van der Waals surface area (Å²) in [6.45, 7) is 2.14. The van der Waals surface area contributed by atoms with Crippen molar-refractivity contribution in [3.8, 4) is 17.6 Å². The molecule has 0 saturated carbocycles. The lowest BCUT2D eigenvalue weighted by Gasteiger charge is -2.12. The third-order valence-electron chi connectivity index (χ3n) is 3.45. The summed E-state index contributed by atoms with van der Waals surface area (Å²) in [6, 6.07) is 14.5. The number of nitriles is 1. The first-order valence-corrected chi connectivity index (χ1v) is 7.79. The van der Waals surface area contributed by atoms with Gasteiger partial charge in [-0.05, 0) is 42.3 Å². The summed E-state index contributed by atoms with van der Waals surface area (Å²) < 4.78 is 20.9. The Bertz CT molecular complexity index is 852. The van der Waals surface area contributed by atoms with E-state index in [1.807, 2.05) is 19.1 Å². The van der Waals surface area contributed by atoms with E-state index >= 15 is 0 Å². The highest BCUT2D eigenvalue weighted by atomic mass is 16.6. The van der Waals surface area contributed by atoms with Gasteiger partial charge in [0, 0.05) is 0 Å². The van der Waals surface area contributed by atoms with Crippen molar-refractivity contribution in [2.45, 2.75) is 13.5 Å². The van der Waals surface area contributed by atoms with Gasteiger partial charge in [0.1, 0.15) is 24.4 Å². The van der Waals surface area contributed by atoms with E-state index < -0.39 is 5.97 Å². The Morgan fingerprint density at radius 1 is 1.19 bits per heavy atom. The summed E-state index contributed by atoms with van der Waals surface area (Å²) in [5, 5.41) is 8.93. The Morgan fingerprint density at radius 2 is 2.00 bits per heavy atom. The van der Waals surface area contributed by atoms with Crippen molar-refractivity contribution in [1.82, 2.24) is 0 Å². The van der Waals surface area contributed by atoms with Gasteiger partial charge < -0.3 is 18.9 Å². The Hall–Kier alpha value is -3.46. The van der Waals surface area contributed by atoms with Gasteiger partial charge in [0.25, 0.3) is 0 Å². The van der Waals surface area contributed by atoms with E-state index in [1.165, 1.54) is 20.5 Å². The lowest BCUT2D eigenvalue weighted by molar-refractivity contribution is -0.138. The van der Waals surface area contributed by atoms with Crippen LogP contribution in [0.4, 0.5) is 0 Å². The second-order valence-corrected chi connectivity index (χ2v) is 5.34. The molecule has 0 amide bonds. The van der Waals surface area contributed by atoms with E-state index in [9.17, 15) is 4.79 Å². The number of hydrogen-bond donors (Lipinski definition) is 0. The van der Waals surface area contributed by atoms with Crippen LogP contribution in [-0.4, -0.2) is 20.2 Å². The SMILES string of the molecule is CO/C=C(\Oc1cc(COc2cccc(C#N)c2)ccc1C)C(=O)OC. The predicted octanol–water partition coefficient (Wildman–Crippen LogP) is 3.49. The maximum absolute atomic E-state index is 11.7. The monoisotopic (exact) mass is 353 g/mol. The summed E-state index contributed by atoms with van der Waals surface area (Å²) in [6.07, 6.45) is 1.18. The number of ether oxygens (including phenoxy) is 4. The Kier molecular flexibility index (Phi) is 6.63. The van der Waals surface area contributed by atoms with E-state index in [2.05, 4.69) is 10.8 Å². The van der Waals surface area contributed by atoms with Gasteiger partial charge in [-0.15, -0.1) is 0 Å². The fourth-order valence-corrected chi connectivity index (χ4v) is 2.11. The minimum Gasteiger partial charge on any atom is -0.500 e. The molecule has 0 heterocycles. The first kappa shape index (κ1) is 18.9.